The number of pyridine rings is 1. The number of aromatic hydroxyl groups is 1. The minimum atomic E-state index is -3.39. The molecule has 0 radical (unpaired) electrons. The number of para-hydroxylation sites is 2. The van der Waals surface area contributed by atoms with Gasteiger partial charge in [0.2, 0.25) is 0 Å². The van der Waals surface area contributed by atoms with Gasteiger partial charge in [-0.25, -0.2) is 4.98 Å². The van der Waals surface area contributed by atoms with Gasteiger partial charge < -0.3 is 5.11 Å². The van der Waals surface area contributed by atoms with Crippen molar-refractivity contribution in [2.75, 3.05) is 0 Å². The maximum Gasteiger partial charge on any atom is 0.148 e. The number of fused-ring (bicyclic) bond motifs is 1. The summed E-state index contributed by atoms with van der Waals surface area (Å²) in [5.74, 6) is 0.442. The Bertz CT molecular complexity index is 3250. The molecule has 8 rings (SSSR count). The Labute approximate surface area is 387 Å². The molecule has 0 spiro atoms. The van der Waals surface area contributed by atoms with Gasteiger partial charge in [0.25, 0.3) is 0 Å². The first kappa shape index (κ1) is 29.6. The van der Waals surface area contributed by atoms with E-state index < -0.39 is 32.8 Å². The number of phenols is 1. The summed E-state index contributed by atoms with van der Waals surface area (Å²) in [5.41, 5.74) is 6.05. The van der Waals surface area contributed by atoms with Crippen molar-refractivity contribution in [1.82, 2.24) is 14.5 Å². The van der Waals surface area contributed by atoms with Gasteiger partial charge in [-0.2, -0.15) is 0 Å². The Kier molecular flexibility index (Phi) is 7.96. The van der Waals surface area contributed by atoms with Crippen LogP contribution in [0, 0.1) is 12.9 Å². The van der Waals surface area contributed by atoms with Crippen molar-refractivity contribution >= 4 is 11.0 Å². The molecule has 6 aromatic carbocycles. The Morgan fingerprint density at radius 3 is 1.90 bits per heavy atom. The molecule has 1 N–H and O–H groups in total. The number of imidazole rings is 1. The Morgan fingerprint density at radius 2 is 1.23 bits per heavy atom. The largest absolute Gasteiger partial charge is 0.507 e. The minimum absolute atomic E-state index is 0. The van der Waals surface area contributed by atoms with Crippen LogP contribution < -0.4 is 0 Å². The second-order valence-electron chi connectivity index (χ2n) is 17.2. The molecule has 0 saturated carbocycles. The van der Waals surface area contributed by atoms with Crippen LogP contribution in [0.4, 0.5) is 0 Å². The summed E-state index contributed by atoms with van der Waals surface area (Å²) in [4.78, 5) is 10.1. The molecule has 0 saturated heterocycles. The molecule has 0 unspecified atom stereocenters. The second kappa shape index (κ2) is 16.1. The number of nitrogens with zero attached hydrogens (tertiary/aromatic N) is 3. The van der Waals surface area contributed by atoms with Gasteiger partial charge in [0.05, 0.1) is 22.3 Å². The standard InChI is InChI=1S/C55H54N3O.Pt/c1-35-18-27-48(46(30-35)37-21-25-42(26-22-37)54(5,6)7)58-49-16-13-15-44(51(49)57-52(58)45-14-11-12-17-50(45)59)39-31-40(33-43(32-39)55(8,9)10)47-34-38(28-29-56-47)36-19-23-41(24-20-36)53(2,3)4;/h11-30,32-34,59H,1-10H3;/q-1;/i1D3,2D3,3D3,4D3;. The first-order valence-electron chi connectivity index (χ1n) is 25.6. The van der Waals surface area contributed by atoms with Gasteiger partial charge >= 0.3 is 0 Å². The molecule has 0 aliphatic rings. The number of phenolic OH excluding ortho intramolecular Hbond substituents is 1. The number of hydrogen-bond acceptors (Lipinski definition) is 3. The van der Waals surface area contributed by atoms with Crippen LogP contribution in [0.15, 0.2) is 140 Å². The quantitative estimate of drug-likeness (QED) is 0.169. The molecule has 60 heavy (non-hydrogen) atoms. The molecule has 0 atom stereocenters. The maximum atomic E-state index is 11.4. The van der Waals surface area contributed by atoms with Crippen LogP contribution in [0.2, 0.25) is 0 Å². The molecule has 0 fully saturated rings. The van der Waals surface area contributed by atoms with Crippen molar-refractivity contribution < 1.29 is 42.6 Å². The van der Waals surface area contributed by atoms with Crippen LogP contribution in [0.3, 0.4) is 0 Å². The van der Waals surface area contributed by atoms with Crippen LogP contribution in [0.25, 0.3) is 72.7 Å². The Balaban J connectivity index is 0.00000760. The zero-order valence-electron chi connectivity index (χ0n) is 46.4. The number of hydrogen-bond donors (Lipinski definition) is 1. The van der Waals surface area contributed by atoms with E-state index in [9.17, 15) is 5.11 Å². The average Bonchev–Trinajstić information content (AvgIpc) is 3.66. The molecule has 5 heteroatoms. The molecule has 0 amide bonds. The van der Waals surface area contributed by atoms with Crippen molar-refractivity contribution in [2.24, 2.45) is 0 Å². The summed E-state index contributed by atoms with van der Waals surface area (Å²) in [5, 5.41) is 11.4. The molecule has 0 aliphatic heterocycles. The van der Waals surface area contributed by atoms with Crippen LogP contribution >= 0.6 is 0 Å². The zero-order valence-corrected chi connectivity index (χ0v) is 36.7. The van der Waals surface area contributed by atoms with E-state index in [1.54, 1.807) is 48.7 Å². The van der Waals surface area contributed by atoms with Gasteiger partial charge in [-0.15, -0.1) is 29.3 Å². The summed E-state index contributed by atoms with van der Waals surface area (Å²) >= 11 is 0. The molecule has 306 valence electrons. The number of aromatic nitrogens is 3. The monoisotopic (exact) mass is 979 g/mol. The van der Waals surface area contributed by atoms with Crippen molar-refractivity contribution in [3.05, 3.63) is 168 Å². The molecule has 0 bridgehead atoms. The Hall–Kier alpha value is -5.57. The van der Waals surface area contributed by atoms with Crippen molar-refractivity contribution in [1.29, 1.82) is 0 Å². The van der Waals surface area contributed by atoms with Crippen LogP contribution in [0.5, 0.6) is 5.75 Å². The van der Waals surface area contributed by atoms with Gasteiger partial charge in [0.1, 0.15) is 11.6 Å². The van der Waals surface area contributed by atoms with Gasteiger partial charge in [-0.3, -0.25) is 9.55 Å². The van der Waals surface area contributed by atoms with E-state index in [0.717, 1.165) is 22.3 Å². The third kappa shape index (κ3) is 8.41. The fraction of sp³-hybridized carbons (Fsp3) is 0.236. The summed E-state index contributed by atoms with van der Waals surface area (Å²) in [7, 11) is 0. The molecule has 2 heterocycles. The van der Waals surface area contributed by atoms with Gasteiger partial charge in [0, 0.05) is 55.0 Å². The topological polar surface area (TPSA) is 50.9 Å². The van der Waals surface area contributed by atoms with Crippen molar-refractivity contribution in [3.8, 4) is 67.5 Å². The molecular weight excluding hydrogens is 914 g/mol. The first-order valence-corrected chi connectivity index (χ1v) is 19.6. The maximum absolute atomic E-state index is 11.4. The fourth-order valence-electron chi connectivity index (χ4n) is 7.47. The zero-order chi connectivity index (χ0) is 51.9. The number of rotatable bonds is 6. The number of benzene rings is 6. The van der Waals surface area contributed by atoms with Crippen LogP contribution in [-0.2, 0) is 37.3 Å². The first-order chi connectivity index (χ1) is 32.9. The molecule has 2 aromatic heterocycles. The van der Waals surface area contributed by atoms with Crippen LogP contribution in [-0.4, -0.2) is 19.6 Å². The van der Waals surface area contributed by atoms with Crippen molar-refractivity contribution in [2.45, 2.75) is 85.2 Å². The van der Waals surface area contributed by atoms with E-state index in [-0.39, 0.29) is 48.8 Å². The molecule has 4 nitrogen and oxygen atoms in total. The smallest absolute Gasteiger partial charge is 0.148 e. The van der Waals surface area contributed by atoms with E-state index in [1.807, 2.05) is 53.1 Å². The normalized spacial score (nSPS) is 15.9. The summed E-state index contributed by atoms with van der Waals surface area (Å²) in [6.07, 6.45) is 1.63. The summed E-state index contributed by atoms with van der Waals surface area (Å²) < 4.78 is 101. The molecule has 0 aliphatic carbocycles. The van der Waals surface area contributed by atoms with E-state index in [4.69, 9.17) is 26.4 Å². The molecule has 8 aromatic rings. The van der Waals surface area contributed by atoms with Gasteiger partial charge in [-0.05, 0) is 87.3 Å². The fourth-order valence-corrected chi connectivity index (χ4v) is 7.47. The van der Waals surface area contributed by atoms with E-state index >= 15 is 0 Å². The summed E-state index contributed by atoms with van der Waals surface area (Å²) in [6, 6.07) is 42.9. The Morgan fingerprint density at radius 1 is 0.583 bits per heavy atom. The second-order valence-corrected chi connectivity index (χ2v) is 17.2. The minimum Gasteiger partial charge on any atom is -0.507 e. The van der Waals surface area contributed by atoms with E-state index in [2.05, 4.69) is 65.8 Å². The third-order valence-corrected chi connectivity index (χ3v) is 10.8. The van der Waals surface area contributed by atoms with Crippen LogP contribution in [0.1, 0.15) is 101 Å². The molecular formula is C55H54N3OPt-. The van der Waals surface area contributed by atoms with Gasteiger partial charge in [0.15, 0.2) is 0 Å². The predicted molar refractivity (Wildman–Crippen MR) is 247 cm³/mol. The van der Waals surface area contributed by atoms with Gasteiger partial charge in [-0.1, -0.05) is 164 Å². The number of aryl methyl sites for hydroxylation is 1. The van der Waals surface area contributed by atoms with E-state index in [0.29, 0.717) is 61.6 Å². The predicted octanol–water partition coefficient (Wildman–Crippen LogP) is 14.5. The summed E-state index contributed by atoms with van der Waals surface area (Å²) in [6.45, 7) is 0.166. The van der Waals surface area contributed by atoms with Crippen molar-refractivity contribution in [3.63, 3.8) is 0 Å². The SMILES string of the molecule is [2H]C([2H])([2H])c1ccc(-n2c(-c3ccccc3O)nc3c(-c4[c-]c(-c5cc(-c6ccc(C(C([2H])([2H])[2H])(C([2H])([2H])[2H])C([2H])([2H])[2H])cc6)ccn5)cc(C(C)(C)C)c4)cccc32)c(-c2ccc(C(C)(C)C)cc2)c1.[Pt]. The van der Waals surface area contributed by atoms with E-state index in [1.165, 1.54) is 24.3 Å². The third-order valence-electron chi connectivity index (χ3n) is 10.8. The average molecular weight is 980 g/mol.